The molecule has 1 aromatic heterocycles. The van der Waals surface area contributed by atoms with Gasteiger partial charge in [-0.2, -0.15) is 0 Å². The van der Waals surface area contributed by atoms with Gasteiger partial charge in [0.05, 0.1) is 37.7 Å². The summed E-state index contributed by atoms with van der Waals surface area (Å²) in [5.41, 5.74) is 3.57. The van der Waals surface area contributed by atoms with Gasteiger partial charge < -0.3 is 35.9 Å². The zero-order valence-electron chi connectivity index (χ0n) is 42.4. The van der Waals surface area contributed by atoms with Crippen LogP contribution in [0.5, 0.6) is 0 Å². The van der Waals surface area contributed by atoms with Crippen LogP contribution < -0.4 is 21.7 Å². The third kappa shape index (κ3) is 28.1. The fraction of sp³-hybridized carbons (Fsp3) is 0.824. The first kappa shape index (κ1) is 60.6. The van der Waals surface area contributed by atoms with Crippen LogP contribution in [-0.2, 0) is 44.7 Å². The molecule has 0 aliphatic rings. The van der Waals surface area contributed by atoms with Crippen LogP contribution in [0, 0.1) is 16.7 Å². The monoisotopic (exact) mass is 933 g/mol. The summed E-state index contributed by atoms with van der Waals surface area (Å²) in [5.74, 6) is -1.88. The summed E-state index contributed by atoms with van der Waals surface area (Å²) in [6.07, 6.45) is 22.5. The largest absolute Gasteiger partial charge is 0.379 e. The standard InChI is InChI=1S/C51H92N6O9/c1-9-10-11-12-13-14-15-16-17-18-19-20-21-25-46(62)55-29-30-65-31-32-66-37-47(63)54-28-23-22-24-40(39(2)58)33-44(60)49(3,4)27-26-43(59)50(5,6)35-45(61)51(7,8)57-48(64)42(52)34-41-36-53-38-56-41/h36,38,40,42,46,55,62H,9-35,37,52H2,1-8H3,(H,53,56)(H,54,63)(H,57,64)/t40-,42+,46?/m1/s1. The first-order valence-corrected chi connectivity index (χ1v) is 25.2. The number of carbonyl (C=O) groups excluding carboxylic acids is 6. The number of amides is 2. The van der Waals surface area contributed by atoms with Crippen molar-refractivity contribution in [2.45, 2.75) is 214 Å². The van der Waals surface area contributed by atoms with Gasteiger partial charge >= 0.3 is 0 Å². The van der Waals surface area contributed by atoms with Gasteiger partial charge in [-0.25, -0.2) is 4.98 Å². The maximum atomic E-state index is 13.5. The van der Waals surface area contributed by atoms with Crippen molar-refractivity contribution in [2.24, 2.45) is 22.5 Å². The van der Waals surface area contributed by atoms with Crippen LogP contribution in [0.2, 0.25) is 0 Å². The predicted molar refractivity (Wildman–Crippen MR) is 261 cm³/mol. The van der Waals surface area contributed by atoms with Crippen molar-refractivity contribution in [2.75, 3.05) is 39.5 Å². The van der Waals surface area contributed by atoms with Gasteiger partial charge in [0.1, 0.15) is 30.2 Å². The number of unbranched alkanes of at least 4 members (excludes halogenated alkanes) is 13. The molecule has 0 aliphatic heterocycles. The van der Waals surface area contributed by atoms with Crippen molar-refractivity contribution in [3.63, 3.8) is 0 Å². The molecule has 0 spiro atoms. The van der Waals surface area contributed by atoms with Gasteiger partial charge in [-0.05, 0) is 52.9 Å². The van der Waals surface area contributed by atoms with Crippen molar-refractivity contribution in [3.8, 4) is 0 Å². The molecule has 15 heteroatoms. The highest BCUT2D eigenvalue weighted by atomic mass is 16.5. The molecule has 66 heavy (non-hydrogen) atoms. The van der Waals surface area contributed by atoms with E-state index in [1.807, 2.05) is 0 Å². The first-order chi connectivity index (χ1) is 31.2. The molecule has 1 unspecified atom stereocenters. The summed E-state index contributed by atoms with van der Waals surface area (Å²) in [7, 11) is 0. The molecule has 0 fully saturated rings. The maximum Gasteiger partial charge on any atom is 0.245 e. The zero-order chi connectivity index (χ0) is 49.4. The van der Waals surface area contributed by atoms with Crippen LogP contribution in [0.4, 0.5) is 0 Å². The van der Waals surface area contributed by atoms with Gasteiger partial charge in [0, 0.05) is 67.4 Å². The number of imidazole rings is 1. The van der Waals surface area contributed by atoms with Gasteiger partial charge in [0.15, 0.2) is 5.78 Å². The molecule has 0 saturated heterocycles. The molecule has 1 heterocycles. The number of aliphatic hydroxyl groups excluding tert-OH is 1. The van der Waals surface area contributed by atoms with E-state index >= 15 is 0 Å². The van der Waals surface area contributed by atoms with Gasteiger partial charge in [-0.1, -0.05) is 118 Å². The van der Waals surface area contributed by atoms with E-state index in [9.17, 15) is 33.9 Å². The van der Waals surface area contributed by atoms with Gasteiger partial charge in [0.25, 0.3) is 0 Å². The Balaban J connectivity index is 2.21. The molecular formula is C51H92N6O9. The zero-order valence-corrected chi connectivity index (χ0v) is 42.4. The summed E-state index contributed by atoms with van der Waals surface area (Å²) >= 11 is 0. The van der Waals surface area contributed by atoms with Crippen LogP contribution in [0.1, 0.15) is 196 Å². The van der Waals surface area contributed by atoms with Crippen LogP contribution >= 0.6 is 0 Å². The van der Waals surface area contributed by atoms with E-state index < -0.39 is 40.5 Å². The normalized spacial score (nSPS) is 13.5. The molecule has 1 rings (SSSR count). The second-order valence-electron chi connectivity index (χ2n) is 20.2. The van der Waals surface area contributed by atoms with E-state index in [0.29, 0.717) is 51.3 Å². The number of H-pyrrole nitrogens is 1. The number of aliphatic hydroxyl groups is 1. The average Bonchev–Trinajstić information content (AvgIpc) is 3.77. The van der Waals surface area contributed by atoms with E-state index in [1.54, 1.807) is 47.7 Å². The number of carbonyl (C=O) groups is 6. The van der Waals surface area contributed by atoms with E-state index in [4.69, 9.17) is 15.2 Å². The van der Waals surface area contributed by atoms with Crippen molar-refractivity contribution >= 4 is 34.9 Å². The molecular weight excluding hydrogens is 841 g/mol. The highest BCUT2D eigenvalue weighted by Crippen LogP contribution is 2.33. The van der Waals surface area contributed by atoms with Crippen molar-refractivity contribution < 1.29 is 43.3 Å². The fourth-order valence-corrected chi connectivity index (χ4v) is 7.70. The van der Waals surface area contributed by atoms with E-state index in [-0.39, 0.29) is 74.4 Å². The number of ether oxygens (including phenoxy) is 2. The number of hydrogen-bond acceptors (Lipinski definition) is 12. The lowest BCUT2D eigenvalue weighted by Gasteiger charge is -2.31. The second-order valence-corrected chi connectivity index (χ2v) is 20.2. The molecule has 380 valence electrons. The summed E-state index contributed by atoms with van der Waals surface area (Å²) in [4.78, 5) is 84.6. The molecule has 0 aromatic carbocycles. The fourth-order valence-electron chi connectivity index (χ4n) is 7.70. The molecule has 0 aliphatic carbocycles. The lowest BCUT2D eigenvalue weighted by atomic mass is 9.73. The Morgan fingerprint density at radius 2 is 1.33 bits per heavy atom. The van der Waals surface area contributed by atoms with Gasteiger partial charge in [-0.3, -0.25) is 34.1 Å². The molecule has 3 atom stereocenters. The topological polar surface area (TPSA) is 232 Å². The third-order valence-electron chi connectivity index (χ3n) is 12.7. The number of hydrogen-bond donors (Lipinski definition) is 6. The van der Waals surface area contributed by atoms with Gasteiger partial charge in [-0.15, -0.1) is 0 Å². The van der Waals surface area contributed by atoms with Crippen LogP contribution in [0.15, 0.2) is 12.5 Å². The van der Waals surface area contributed by atoms with Crippen molar-refractivity contribution in [3.05, 3.63) is 18.2 Å². The van der Waals surface area contributed by atoms with E-state index in [1.165, 1.54) is 83.9 Å². The Morgan fingerprint density at radius 3 is 1.92 bits per heavy atom. The predicted octanol–water partition coefficient (Wildman–Crippen LogP) is 7.41. The lowest BCUT2D eigenvalue weighted by Crippen LogP contribution is -2.56. The highest BCUT2D eigenvalue weighted by Gasteiger charge is 2.39. The first-order valence-electron chi connectivity index (χ1n) is 25.2. The average molecular weight is 933 g/mol. The number of nitrogens with two attached hydrogens (primary N) is 1. The number of nitrogens with zero attached hydrogens (tertiary/aromatic N) is 1. The molecule has 0 bridgehead atoms. The van der Waals surface area contributed by atoms with E-state index in [2.05, 4.69) is 32.8 Å². The van der Waals surface area contributed by atoms with Crippen LogP contribution in [0.3, 0.4) is 0 Å². The SMILES string of the molecule is CCCCCCCCCCCCCCCC(O)NCCOCCOCC(=O)NCCCC[C@H](CC(=O)C(C)(C)CCC(=O)C(C)(C)CC(=O)C(C)(C)NC(=O)[C@@H](N)Cc1cnc[nH]1)C(C)=O. The number of aromatic amines is 1. The smallest absolute Gasteiger partial charge is 0.245 e. The Labute approximate surface area is 397 Å². The number of Topliss-reactive ketones (excluding diaryl/α,β-unsaturated/α-hetero) is 4. The summed E-state index contributed by atoms with van der Waals surface area (Å²) in [6.45, 7) is 15.8. The second kappa shape index (κ2) is 34.0. The minimum absolute atomic E-state index is 0.0627. The van der Waals surface area contributed by atoms with Gasteiger partial charge in [0.2, 0.25) is 11.8 Å². The Morgan fingerprint density at radius 1 is 0.742 bits per heavy atom. The molecule has 0 saturated carbocycles. The Kier molecular flexibility index (Phi) is 31.2. The molecule has 1 aromatic rings. The summed E-state index contributed by atoms with van der Waals surface area (Å²) in [5, 5.41) is 18.8. The number of rotatable bonds is 43. The quantitative estimate of drug-likeness (QED) is 0.0278. The number of nitrogens with one attached hydrogen (secondary N) is 4. The maximum absolute atomic E-state index is 13.5. The van der Waals surface area contributed by atoms with E-state index in [0.717, 1.165) is 19.3 Å². The lowest BCUT2D eigenvalue weighted by molar-refractivity contribution is -0.137. The Hall–Kier alpha value is -3.37. The summed E-state index contributed by atoms with van der Waals surface area (Å²) < 4.78 is 11.0. The molecule has 0 radical (unpaired) electrons. The number of aromatic nitrogens is 2. The minimum atomic E-state index is -1.26. The highest BCUT2D eigenvalue weighted by molar-refractivity contribution is 5.97. The van der Waals surface area contributed by atoms with Crippen molar-refractivity contribution in [1.82, 2.24) is 25.9 Å². The third-order valence-corrected chi connectivity index (χ3v) is 12.7. The molecule has 15 nitrogen and oxygen atoms in total. The van der Waals surface area contributed by atoms with Crippen LogP contribution in [0.25, 0.3) is 0 Å². The van der Waals surface area contributed by atoms with Crippen LogP contribution in [-0.4, -0.2) is 107 Å². The molecule has 2 amide bonds. The summed E-state index contributed by atoms with van der Waals surface area (Å²) in [6, 6.07) is -0.893. The Bertz CT molecular complexity index is 1530. The molecule has 7 N–H and O–H groups in total. The minimum Gasteiger partial charge on any atom is -0.379 e. The van der Waals surface area contributed by atoms with Crippen molar-refractivity contribution in [1.29, 1.82) is 0 Å². The number of ketones is 4.